The van der Waals surface area contributed by atoms with Crippen molar-refractivity contribution < 1.29 is 4.42 Å². The second-order valence-corrected chi connectivity index (χ2v) is 3.60. The van der Waals surface area contributed by atoms with Crippen LogP contribution in [0.15, 0.2) is 35.1 Å². The molecule has 0 saturated carbocycles. The number of aryl methyl sites for hydroxylation is 2. The van der Waals surface area contributed by atoms with Gasteiger partial charge in [-0.25, -0.2) is 0 Å². The fourth-order valence-corrected chi connectivity index (χ4v) is 1.65. The molecule has 2 heterocycles. The van der Waals surface area contributed by atoms with E-state index < -0.39 is 0 Å². The van der Waals surface area contributed by atoms with E-state index in [-0.39, 0.29) is 6.04 Å². The van der Waals surface area contributed by atoms with Crippen LogP contribution in [-0.2, 0) is 13.5 Å². The summed E-state index contributed by atoms with van der Waals surface area (Å²) in [6, 6.07) is 5.83. The summed E-state index contributed by atoms with van der Waals surface area (Å²) < 4.78 is 7.07. The van der Waals surface area contributed by atoms with Crippen LogP contribution in [0.5, 0.6) is 0 Å². The van der Waals surface area contributed by atoms with Gasteiger partial charge in [-0.1, -0.05) is 0 Å². The first-order chi connectivity index (χ1) is 7.27. The Morgan fingerprint density at radius 1 is 1.53 bits per heavy atom. The van der Waals surface area contributed by atoms with Crippen molar-refractivity contribution in [3.05, 3.63) is 42.1 Å². The minimum atomic E-state index is 0.0163. The number of furan rings is 1. The van der Waals surface area contributed by atoms with E-state index in [1.807, 2.05) is 29.9 Å². The highest BCUT2D eigenvalue weighted by Gasteiger charge is 2.10. The van der Waals surface area contributed by atoms with E-state index in [1.54, 1.807) is 12.5 Å². The van der Waals surface area contributed by atoms with Crippen molar-refractivity contribution in [2.75, 3.05) is 0 Å². The molecular weight excluding hydrogens is 190 g/mol. The van der Waals surface area contributed by atoms with Gasteiger partial charge in [0, 0.05) is 25.7 Å². The molecule has 0 radical (unpaired) electrons. The second-order valence-electron chi connectivity index (χ2n) is 3.60. The molecular formula is C11H15N3O. The Labute approximate surface area is 88.7 Å². The van der Waals surface area contributed by atoms with Gasteiger partial charge in [-0.05, 0) is 24.6 Å². The summed E-state index contributed by atoms with van der Waals surface area (Å²) in [6.45, 7) is 0. The van der Waals surface area contributed by atoms with Gasteiger partial charge >= 0.3 is 0 Å². The molecule has 0 amide bonds. The maximum absolute atomic E-state index is 6.05. The molecule has 80 valence electrons. The minimum Gasteiger partial charge on any atom is -0.469 e. The van der Waals surface area contributed by atoms with Gasteiger partial charge in [0.1, 0.15) is 5.76 Å². The third-order valence-corrected chi connectivity index (χ3v) is 2.52. The number of hydrogen-bond donors (Lipinski definition) is 1. The lowest BCUT2D eigenvalue weighted by atomic mass is 10.1. The zero-order valence-electron chi connectivity index (χ0n) is 8.76. The molecule has 0 aromatic carbocycles. The molecule has 0 spiro atoms. The highest BCUT2D eigenvalue weighted by atomic mass is 16.3. The van der Waals surface area contributed by atoms with Gasteiger partial charge in [0.25, 0.3) is 0 Å². The molecule has 15 heavy (non-hydrogen) atoms. The highest BCUT2D eigenvalue weighted by Crippen LogP contribution is 2.15. The first-order valence-corrected chi connectivity index (χ1v) is 5.03. The summed E-state index contributed by atoms with van der Waals surface area (Å²) in [7, 11) is 1.90. The van der Waals surface area contributed by atoms with Crippen molar-refractivity contribution in [1.29, 1.82) is 0 Å². The molecule has 0 fully saturated rings. The van der Waals surface area contributed by atoms with E-state index in [4.69, 9.17) is 10.2 Å². The van der Waals surface area contributed by atoms with Crippen molar-refractivity contribution in [1.82, 2.24) is 9.78 Å². The smallest absolute Gasteiger partial charge is 0.103 e. The quantitative estimate of drug-likeness (QED) is 0.825. The number of hydrogen-bond acceptors (Lipinski definition) is 3. The zero-order valence-corrected chi connectivity index (χ0v) is 8.76. The molecule has 2 aromatic heterocycles. The highest BCUT2D eigenvalue weighted by molar-refractivity contribution is 5.07. The SMILES string of the molecule is Cn1nccc1C(N)CCc1ccco1. The molecule has 2 rings (SSSR count). The van der Waals surface area contributed by atoms with E-state index in [0.717, 1.165) is 24.3 Å². The Morgan fingerprint density at radius 3 is 3.00 bits per heavy atom. The fraction of sp³-hybridized carbons (Fsp3) is 0.364. The molecule has 1 atom stereocenters. The summed E-state index contributed by atoms with van der Waals surface area (Å²) in [5.41, 5.74) is 7.11. The van der Waals surface area contributed by atoms with Crippen molar-refractivity contribution in [2.45, 2.75) is 18.9 Å². The standard InChI is InChI=1S/C11H15N3O/c1-14-11(6-7-13-14)10(12)5-4-9-3-2-8-15-9/h2-3,6-8,10H,4-5,12H2,1H3. The number of nitrogens with two attached hydrogens (primary N) is 1. The normalized spacial score (nSPS) is 12.9. The van der Waals surface area contributed by atoms with Crippen LogP contribution in [0.25, 0.3) is 0 Å². The van der Waals surface area contributed by atoms with E-state index in [2.05, 4.69) is 5.10 Å². The Morgan fingerprint density at radius 2 is 2.40 bits per heavy atom. The Hall–Kier alpha value is -1.55. The van der Waals surface area contributed by atoms with Crippen LogP contribution in [0.2, 0.25) is 0 Å². The predicted octanol–water partition coefficient (Wildman–Crippen LogP) is 1.65. The topological polar surface area (TPSA) is 57.0 Å². The average molecular weight is 205 g/mol. The molecule has 0 aliphatic rings. The van der Waals surface area contributed by atoms with E-state index in [1.165, 1.54) is 0 Å². The van der Waals surface area contributed by atoms with Gasteiger partial charge in [0.05, 0.1) is 12.0 Å². The molecule has 0 aliphatic heterocycles. The molecule has 2 N–H and O–H groups in total. The first kappa shape index (κ1) is 9.98. The van der Waals surface area contributed by atoms with Crippen molar-refractivity contribution in [2.24, 2.45) is 12.8 Å². The third kappa shape index (κ3) is 2.27. The minimum absolute atomic E-state index is 0.0163. The van der Waals surface area contributed by atoms with Crippen LogP contribution in [0, 0.1) is 0 Å². The summed E-state index contributed by atoms with van der Waals surface area (Å²) in [4.78, 5) is 0. The van der Waals surface area contributed by atoms with Gasteiger partial charge in [-0.3, -0.25) is 4.68 Å². The van der Waals surface area contributed by atoms with Crippen molar-refractivity contribution >= 4 is 0 Å². The van der Waals surface area contributed by atoms with Gasteiger partial charge in [-0.2, -0.15) is 5.10 Å². The zero-order chi connectivity index (χ0) is 10.7. The lowest BCUT2D eigenvalue weighted by molar-refractivity contribution is 0.481. The number of nitrogens with zero attached hydrogens (tertiary/aromatic N) is 2. The third-order valence-electron chi connectivity index (χ3n) is 2.52. The van der Waals surface area contributed by atoms with Crippen LogP contribution in [0.1, 0.15) is 23.9 Å². The molecule has 0 bridgehead atoms. The Kier molecular flexibility index (Phi) is 2.87. The molecule has 0 saturated heterocycles. The van der Waals surface area contributed by atoms with Gasteiger partial charge in [-0.15, -0.1) is 0 Å². The maximum Gasteiger partial charge on any atom is 0.103 e. The molecule has 2 aromatic rings. The predicted molar refractivity (Wildman–Crippen MR) is 57.2 cm³/mol. The number of aromatic nitrogens is 2. The molecule has 4 nitrogen and oxygen atoms in total. The van der Waals surface area contributed by atoms with Gasteiger partial charge in [0.15, 0.2) is 0 Å². The lowest BCUT2D eigenvalue weighted by Gasteiger charge is -2.10. The average Bonchev–Trinajstić information content (AvgIpc) is 2.84. The summed E-state index contributed by atoms with van der Waals surface area (Å²) in [5, 5.41) is 4.10. The summed E-state index contributed by atoms with van der Waals surface area (Å²) in [6.07, 6.45) is 5.18. The Bertz CT molecular complexity index is 405. The van der Waals surface area contributed by atoms with Crippen molar-refractivity contribution in [3.8, 4) is 0 Å². The van der Waals surface area contributed by atoms with Crippen molar-refractivity contribution in [3.63, 3.8) is 0 Å². The van der Waals surface area contributed by atoms with Gasteiger partial charge < -0.3 is 10.2 Å². The van der Waals surface area contributed by atoms with Crippen LogP contribution >= 0.6 is 0 Å². The van der Waals surface area contributed by atoms with E-state index in [9.17, 15) is 0 Å². The number of rotatable bonds is 4. The van der Waals surface area contributed by atoms with E-state index >= 15 is 0 Å². The summed E-state index contributed by atoms with van der Waals surface area (Å²) in [5.74, 6) is 0.979. The second kappa shape index (κ2) is 4.31. The van der Waals surface area contributed by atoms with Crippen LogP contribution in [0.4, 0.5) is 0 Å². The maximum atomic E-state index is 6.05. The molecule has 4 heteroatoms. The lowest BCUT2D eigenvalue weighted by Crippen LogP contribution is -2.15. The molecule has 1 unspecified atom stereocenters. The Balaban J connectivity index is 1.93. The monoisotopic (exact) mass is 205 g/mol. The molecule has 0 aliphatic carbocycles. The van der Waals surface area contributed by atoms with Crippen LogP contribution in [0.3, 0.4) is 0 Å². The fourth-order valence-electron chi connectivity index (χ4n) is 1.65. The first-order valence-electron chi connectivity index (χ1n) is 5.03. The van der Waals surface area contributed by atoms with Crippen LogP contribution < -0.4 is 5.73 Å². The summed E-state index contributed by atoms with van der Waals surface area (Å²) >= 11 is 0. The largest absolute Gasteiger partial charge is 0.469 e. The van der Waals surface area contributed by atoms with E-state index in [0.29, 0.717) is 0 Å². The van der Waals surface area contributed by atoms with Crippen LogP contribution in [-0.4, -0.2) is 9.78 Å². The van der Waals surface area contributed by atoms with Gasteiger partial charge in [0.2, 0.25) is 0 Å².